The highest BCUT2D eigenvalue weighted by Crippen LogP contribution is 2.28. The molecule has 0 atom stereocenters. The number of amides is 2. The van der Waals surface area contributed by atoms with Crippen molar-refractivity contribution in [3.05, 3.63) is 53.1 Å². The van der Waals surface area contributed by atoms with Gasteiger partial charge in [0, 0.05) is 26.1 Å². The van der Waals surface area contributed by atoms with Crippen LogP contribution in [0.5, 0.6) is 11.5 Å². The molecule has 2 aromatic rings. The Labute approximate surface area is 172 Å². The maximum atomic E-state index is 12.7. The van der Waals surface area contributed by atoms with Crippen molar-refractivity contribution in [3.8, 4) is 11.5 Å². The third-order valence-corrected chi connectivity index (χ3v) is 5.17. The van der Waals surface area contributed by atoms with Gasteiger partial charge in [0.2, 0.25) is 5.91 Å². The van der Waals surface area contributed by atoms with Gasteiger partial charge in [0.15, 0.2) is 0 Å². The van der Waals surface area contributed by atoms with Crippen LogP contribution in [0.25, 0.3) is 0 Å². The molecule has 29 heavy (non-hydrogen) atoms. The fraction of sp³-hybridized carbons (Fsp3) is 0.391. The number of carbonyl (C=O) groups is 2. The lowest BCUT2D eigenvalue weighted by Gasteiger charge is -2.16. The second-order valence-electron chi connectivity index (χ2n) is 7.54. The van der Waals surface area contributed by atoms with E-state index >= 15 is 0 Å². The van der Waals surface area contributed by atoms with Crippen LogP contribution in [0, 0.1) is 13.8 Å². The molecule has 0 aromatic heterocycles. The van der Waals surface area contributed by atoms with Crippen LogP contribution >= 0.6 is 0 Å². The van der Waals surface area contributed by atoms with Crippen LogP contribution in [0.1, 0.15) is 41.3 Å². The van der Waals surface area contributed by atoms with E-state index in [2.05, 4.69) is 15.5 Å². The number of anilines is 1. The quantitative estimate of drug-likeness (QED) is 0.746. The van der Waals surface area contributed by atoms with Crippen molar-refractivity contribution < 1.29 is 14.3 Å². The van der Waals surface area contributed by atoms with Crippen LogP contribution < -0.4 is 15.4 Å². The lowest BCUT2D eigenvalue weighted by Crippen LogP contribution is -2.33. The summed E-state index contributed by atoms with van der Waals surface area (Å²) in [4.78, 5) is 26.6. The van der Waals surface area contributed by atoms with E-state index in [1.165, 1.54) is 25.3 Å². The number of carbonyl (C=O) groups excluding carboxylic acids is 2. The first kappa shape index (κ1) is 20.9. The van der Waals surface area contributed by atoms with Crippen LogP contribution in [0.3, 0.4) is 0 Å². The molecule has 1 saturated heterocycles. The minimum absolute atomic E-state index is 0.203. The molecule has 6 nitrogen and oxygen atoms in total. The van der Waals surface area contributed by atoms with Gasteiger partial charge in [-0.3, -0.25) is 9.59 Å². The topological polar surface area (TPSA) is 70.7 Å². The van der Waals surface area contributed by atoms with Crippen molar-refractivity contribution >= 4 is 17.5 Å². The second-order valence-corrected chi connectivity index (χ2v) is 7.54. The highest BCUT2D eigenvalue weighted by molar-refractivity contribution is 6.03. The Hall–Kier alpha value is -2.86. The van der Waals surface area contributed by atoms with Gasteiger partial charge in [-0.25, -0.2) is 0 Å². The van der Waals surface area contributed by atoms with Crippen molar-refractivity contribution in [2.24, 2.45) is 0 Å². The van der Waals surface area contributed by atoms with Crippen molar-refractivity contribution in [2.75, 3.05) is 31.5 Å². The molecule has 1 fully saturated rings. The van der Waals surface area contributed by atoms with E-state index < -0.39 is 0 Å². The maximum absolute atomic E-state index is 12.7. The summed E-state index contributed by atoms with van der Waals surface area (Å²) in [6, 6.07) is 11.0. The molecule has 0 aliphatic carbocycles. The molecule has 3 rings (SSSR count). The molecule has 1 aliphatic rings. The van der Waals surface area contributed by atoms with Gasteiger partial charge in [-0.05, 0) is 75.2 Å². The molecule has 2 amide bonds. The Morgan fingerprint density at radius 1 is 1.00 bits per heavy atom. The summed E-state index contributed by atoms with van der Waals surface area (Å²) in [5, 5.41) is 5.69. The zero-order valence-corrected chi connectivity index (χ0v) is 17.4. The maximum Gasteiger partial charge on any atom is 0.253 e. The fourth-order valence-electron chi connectivity index (χ4n) is 3.42. The van der Waals surface area contributed by atoms with Crippen LogP contribution in [-0.4, -0.2) is 42.9 Å². The Morgan fingerprint density at radius 3 is 2.38 bits per heavy atom. The number of hydrogen-bond donors (Lipinski definition) is 2. The van der Waals surface area contributed by atoms with Gasteiger partial charge >= 0.3 is 0 Å². The van der Waals surface area contributed by atoms with Crippen molar-refractivity contribution in [3.63, 3.8) is 0 Å². The van der Waals surface area contributed by atoms with Gasteiger partial charge in [0.25, 0.3) is 5.91 Å². The largest absolute Gasteiger partial charge is 0.457 e. The van der Waals surface area contributed by atoms with E-state index in [0.717, 1.165) is 25.2 Å². The van der Waals surface area contributed by atoms with Gasteiger partial charge in [0.05, 0.1) is 11.3 Å². The molecule has 1 heterocycles. The molecule has 0 saturated carbocycles. The minimum Gasteiger partial charge on any atom is -0.457 e. The summed E-state index contributed by atoms with van der Waals surface area (Å²) in [6.45, 7) is 9.11. The standard InChI is InChI=1S/C23H29N3O3/c1-16-6-7-19(14-17(16)2)29-20-8-9-21(22(15-20)25-18(3)27)23(28)24-10-13-26-11-4-5-12-26/h6-9,14-15H,4-5,10-13H2,1-3H3,(H,24,28)(H,25,27). The first-order valence-electron chi connectivity index (χ1n) is 10.1. The summed E-state index contributed by atoms with van der Waals surface area (Å²) in [7, 11) is 0. The number of nitrogens with one attached hydrogen (secondary N) is 2. The molecule has 6 heteroatoms. The lowest BCUT2D eigenvalue weighted by molar-refractivity contribution is -0.114. The third kappa shape index (κ3) is 5.81. The van der Waals surface area contributed by atoms with Gasteiger partial charge < -0.3 is 20.3 Å². The molecule has 0 bridgehead atoms. The van der Waals surface area contributed by atoms with Crippen molar-refractivity contribution in [2.45, 2.75) is 33.6 Å². The van der Waals surface area contributed by atoms with Gasteiger partial charge in [0.1, 0.15) is 11.5 Å². The summed E-state index contributed by atoms with van der Waals surface area (Å²) >= 11 is 0. The van der Waals surface area contributed by atoms with E-state index in [1.807, 2.05) is 32.0 Å². The fourth-order valence-corrected chi connectivity index (χ4v) is 3.42. The van der Waals surface area contributed by atoms with Gasteiger partial charge in [-0.15, -0.1) is 0 Å². The number of benzene rings is 2. The summed E-state index contributed by atoms with van der Waals surface area (Å²) in [6.07, 6.45) is 2.45. The molecule has 1 aliphatic heterocycles. The monoisotopic (exact) mass is 395 g/mol. The summed E-state index contributed by atoms with van der Waals surface area (Å²) in [5.41, 5.74) is 3.20. The van der Waals surface area contributed by atoms with Crippen molar-refractivity contribution in [1.29, 1.82) is 0 Å². The van der Waals surface area contributed by atoms with E-state index in [9.17, 15) is 9.59 Å². The van der Waals surface area contributed by atoms with Crippen LogP contribution in [0.15, 0.2) is 36.4 Å². The molecule has 0 unspecified atom stereocenters. The molecule has 0 spiro atoms. The highest BCUT2D eigenvalue weighted by atomic mass is 16.5. The average Bonchev–Trinajstić information content (AvgIpc) is 3.18. The predicted molar refractivity (Wildman–Crippen MR) is 115 cm³/mol. The zero-order valence-electron chi connectivity index (χ0n) is 17.4. The lowest BCUT2D eigenvalue weighted by atomic mass is 10.1. The van der Waals surface area contributed by atoms with Gasteiger partial charge in [-0.1, -0.05) is 6.07 Å². The van der Waals surface area contributed by atoms with Crippen molar-refractivity contribution in [1.82, 2.24) is 10.2 Å². The third-order valence-electron chi connectivity index (χ3n) is 5.17. The Kier molecular flexibility index (Phi) is 6.88. The van der Waals surface area contributed by atoms with Crippen LogP contribution in [0.4, 0.5) is 5.69 Å². The highest BCUT2D eigenvalue weighted by Gasteiger charge is 2.15. The number of hydrogen-bond acceptors (Lipinski definition) is 4. The normalized spacial score (nSPS) is 13.9. The summed E-state index contributed by atoms with van der Waals surface area (Å²) in [5.74, 6) is 0.834. The van der Waals surface area contributed by atoms with E-state index in [-0.39, 0.29) is 11.8 Å². The second kappa shape index (κ2) is 9.56. The van der Waals surface area contributed by atoms with Crippen LogP contribution in [-0.2, 0) is 4.79 Å². The Morgan fingerprint density at radius 2 is 1.69 bits per heavy atom. The van der Waals surface area contributed by atoms with Crippen LogP contribution in [0.2, 0.25) is 0 Å². The zero-order chi connectivity index (χ0) is 20.8. The Balaban J connectivity index is 1.71. The Bertz CT molecular complexity index is 889. The number of ether oxygens (including phenoxy) is 1. The van der Waals surface area contributed by atoms with Gasteiger partial charge in [-0.2, -0.15) is 0 Å². The van der Waals surface area contributed by atoms with E-state index in [0.29, 0.717) is 29.3 Å². The predicted octanol–water partition coefficient (Wildman–Crippen LogP) is 3.88. The smallest absolute Gasteiger partial charge is 0.253 e. The molecule has 0 radical (unpaired) electrons. The minimum atomic E-state index is -0.237. The molecular weight excluding hydrogens is 366 g/mol. The molecule has 154 valence electrons. The molecular formula is C23H29N3O3. The molecule has 2 aromatic carbocycles. The number of nitrogens with zero attached hydrogens (tertiary/aromatic N) is 1. The number of likely N-dealkylation sites (tertiary alicyclic amines) is 1. The SMILES string of the molecule is CC(=O)Nc1cc(Oc2ccc(C)c(C)c2)ccc1C(=O)NCCN1CCCC1. The average molecular weight is 396 g/mol. The first-order valence-corrected chi connectivity index (χ1v) is 10.1. The summed E-state index contributed by atoms with van der Waals surface area (Å²) < 4.78 is 5.93. The number of aryl methyl sites for hydroxylation is 2. The number of rotatable bonds is 7. The van der Waals surface area contributed by atoms with E-state index in [4.69, 9.17) is 4.74 Å². The molecule has 2 N–H and O–H groups in total. The first-order chi connectivity index (χ1) is 13.9. The van der Waals surface area contributed by atoms with E-state index in [1.54, 1.807) is 18.2 Å².